The summed E-state index contributed by atoms with van der Waals surface area (Å²) in [7, 11) is 0. The number of hydrogen-bond donors (Lipinski definition) is 0. The molecule has 2 aliphatic carbocycles. The van der Waals surface area contributed by atoms with E-state index in [1.807, 2.05) is 0 Å². The number of hydrogen-bond acceptors (Lipinski definition) is 0. The molecule has 0 spiro atoms. The molecule has 3 rings (SSSR count). The molecular formula is C18H21Zr. The molecule has 0 saturated carbocycles. The Morgan fingerprint density at radius 2 is 2.00 bits per heavy atom. The van der Waals surface area contributed by atoms with Gasteiger partial charge in [-0.25, -0.2) is 0 Å². The Hall–Kier alpha value is -0.677. The van der Waals surface area contributed by atoms with E-state index in [9.17, 15) is 0 Å². The normalized spacial score (nSPS) is 20.5. The molecule has 0 radical (unpaired) electrons. The standard InChI is InChI=1S/C9H7.C6H7.C3H7.Zr/c1-2-5-9-7-3-6-8(9)4-1;1-6-4-2-3-5-6;1-3-2;/h1-7H;4-5H,2H2,1H3;3H,1-2H3;. The van der Waals surface area contributed by atoms with Crippen molar-refractivity contribution in [3.63, 3.8) is 0 Å². The van der Waals surface area contributed by atoms with Crippen LogP contribution in [0.15, 0.2) is 51.3 Å². The van der Waals surface area contributed by atoms with Crippen LogP contribution in [0.3, 0.4) is 0 Å². The fourth-order valence-electron chi connectivity index (χ4n) is 3.32. The van der Waals surface area contributed by atoms with Gasteiger partial charge in [0.25, 0.3) is 0 Å². The van der Waals surface area contributed by atoms with Gasteiger partial charge in [-0.15, -0.1) is 0 Å². The van der Waals surface area contributed by atoms with Crippen molar-refractivity contribution in [1.29, 1.82) is 0 Å². The summed E-state index contributed by atoms with van der Waals surface area (Å²) in [5.41, 5.74) is 4.52. The van der Waals surface area contributed by atoms with E-state index in [2.05, 4.69) is 69.3 Å². The van der Waals surface area contributed by atoms with Crippen molar-refractivity contribution in [3.05, 3.63) is 62.5 Å². The first-order chi connectivity index (χ1) is 9.16. The van der Waals surface area contributed by atoms with Crippen LogP contribution in [0.5, 0.6) is 0 Å². The van der Waals surface area contributed by atoms with Crippen molar-refractivity contribution in [2.24, 2.45) is 0 Å². The molecule has 1 atom stereocenters. The van der Waals surface area contributed by atoms with Crippen LogP contribution >= 0.6 is 0 Å². The van der Waals surface area contributed by atoms with E-state index in [0.29, 0.717) is 0 Å². The van der Waals surface area contributed by atoms with E-state index < -0.39 is 21.8 Å². The third-order valence-corrected chi connectivity index (χ3v) is 12.8. The van der Waals surface area contributed by atoms with Gasteiger partial charge in [0.1, 0.15) is 0 Å². The van der Waals surface area contributed by atoms with Crippen LogP contribution in [0, 0.1) is 0 Å². The summed E-state index contributed by atoms with van der Waals surface area (Å²) in [6, 6.07) is 8.97. The van der Waals surface area contributed by atoms with Gasteiger partial charge in [-0.2, -0.15) is 0 Å². The van der Waals surface area contributed by atoms with Gasteiger partial charge in [-0.3, -0.25) is 0 Å². The summed E-state index contributed by atoms with van der Waals surface area (Å²) in [4.78, 5) is 0. The second-order valence-electron chi connectivity index (χ2n) is 5.90. The third-order valence-electron chi connectivity index (χ3n) is 4.17. The summed E-state index contributed by atoms with van der Waals surface area (Å²) < 4.78 is 3.43. The second kappa shape index (κ2) is 5.37. The average Bonchev–Trinajstić information content (AvgIpc) is 2.98. The SMILES string of the molecule is CC1=CC[C]([Zr]([CH](C)C)[CH]2C=Cc3ccccc32)=C1. The van der Waals surface area contributed by atoms with E-state index in [4.69, 9.17) is 0 Å². The van der Waals surface area contributed by atoms with E-state index >= 15 is 0 Å². The minimum atomic E-state index is -1.63. The number of fused-ring (bicyclic) bond motifs is 1. The van der Waals surface area contributed by atoms with Crippen LogP contribution in [0.2, 0.25) is 3.63 Å². The summed E-state index contributed by atoms with van der Waals surface area (Å²) in [6.07, 6.45) is 11.0. The van der Waals surface area contributed by atoms with Crippen LogP contribution in [0.25, 0.3) is 6.08 Å². The van der Waals surface area contributed by atoms with E-state index in [-0.39, 0.29) is 0 Å². The molecular weight excluding hydrogens is 307 g/mol. The molecule has 19 heavy (non-hydrogen) atoms. The quantitative estimate of drug-likeness (QED) is 0.693. The predicted octanol–water partition coefficient (Wildman–Crippen LogP) is 5.43. The Balaban J connectivity index is 1.96. The first-order valence-corrected chi connectivity index (χ1v) is 11.2. The van der Waals surface area contributed by atoms with Crippen molar-refractivity contribution >= 4 is 6.08 Å². The van der Waals surface area contributed by atoms with Crippen molar-refractivity contribution in [2.75, 3.05) is 0 Å². The summed E-state index contributed by atoms with van der Waals surface area (Å²) in [5, 5.41) is 0. The molecule has 0 aliphatic heterocycles. The molecule has 1 aromatic rings. The first kappa shape index (κ1) is 13.3. The summed E-state index contributed by atoms with van der Waals surface area (Å²) in [5.74, 6) is 0. The number of rotatable bonds is 3. The molecule has 0 amide bonds. The van der Waals surface area contributed by atoms with Crippen LogP contribution < -0.4 is 0 Å². The van der Waals surface area contributed by atoms with Gasteiger partial charge in [-0.05, 0) is 0 Å². The number of benzene rings is 1. The van der Waals surface area contributed by atoms with Gasteiger partial charge in [0, 0.05) is 0 Å². The molecule has 0 bridgehead atoms. The Kier molecular flexibility index (Phi) is 3.76. The maximum absolute atomic E-state index is 2.49. The topological polar surface area (TPSA) is 0 Å². The van der Waals surface area contributed by atoms with Gasteiger partial charge in [0.2, 0.25) is 0 Å². The molecule has 1 heteroatoms. The van der Waals surface area contributed by atoms with Gasteiger partial charge in [-0.1, -0.05) is 0 Å². The molecule has 97 valence electrons. The monoisotopic (exact) mass is 327 g/mol. The first-order valence-electron chi connectivity index (χ1n) is 7.18. The van der Waals surface area contributed by atoms with Gasteiger partial charge in [0.05, 0.1) is 0 Å². The molecule has 1 unspecified atom stereocenters. The Morgan fingerprint density at radius 1 is 1.21 bits per heavy atom. The van der Waals surface area contributed by atoms with Crippen LogP contribution in [-0.4, -0.2) is 0 Å². The van der Waals surface area contributed by atoms with Gasteiger partial charge in [0.15, 0.2) is 0 Å². The maximum atomic E-state index is 2.49. The van der Waals surface area contributed by atoms with E-state index in [1.54, 1.807) is 8.84 Å². The van der Waals surface area contributed by atoms with Crippen LogP contribution in [0.4, 0.5) is 0 Å². The zero-order chi connectivity index (χ0) is 13.4. The molecule has 2 aliphatic rings. The number of allylic oxidation sites excluding steroid dienone is 5. The molecule has 0 saturated heterocycles. The van der Waals surface area contributed by atoms with Crippen molar-refractivity contribution in [1.82, 2.24) is 0 Å². The van der Waals surface area contributed by atoms with Gasteiger partial charge < -0.3 is 0 Å². The predicted molar refractivity (Wildman–Crippen MR) is 79.8 cm³/mol. The second-order valence-corrected chi connectivity index (χ2v) is 14.1. The Morgan fingerprint density at radius 3 is 2.68 bits per heavy atom. The van der Waals surface area contributed by atoms with Gasteiger partial charge >= 0.3 is 125 Å². The molecule has 0 nitrogen and oxygen atoms in total. The fraction of sp³-hybridized carbons (Fsp3) is 0.333. The summed E-state index contributed by atoms with van der Waals surface area (Å²) in [6.45, 7) is 7.13. The average molecular weight is 329 g/mol. The van der Waals surface area contributed by atoms with E-state index in [0.717, 1.165) is 7.25 Å². The van der Waals surface area contributed by atoms with Crippen LogP contribution in [0.1, 0.15) is 41.9 Å². The van der Waals surface area contributed by atoms with E-state index in [1.165, 1.54) is 17.6 Å². The van der Waals surface area contributed by atoms with Crippen molar-refractivity contribution in [2.45, 2.75) is 34.4 Å². The van der Waals surface area contributed by atoms with Crippen molar-refractivity contribution < 1.29 is 21.8 Å². The fourth-order valence-corrected chi connectivity index (χ4v) is 11.9. The minimum absolute atomic E-state index is 0.754. The zero-order valence-electron chi connectivity index (χ0n) is 12.0. The van der Waals surface area contributed by atoms with Crippen molar-refractivity contribution in [3.8, 4) is 0 Å². The molecule has 1 aromatic carbocycles. The molecule has 0 fully saturated rings. The summed E-state index contributed by atoms with van der Waals surface area (Å²) >= 11 is -1.63. The van der Waals surface area contributed by atoms with Crippen LogP contribution in [-0.2, 0) is 21.8 Å². The molecule has 0 N–H and O–H groups in total. The molecule has 0 heterocycles. The zero-order valence-corrected chi connectivity index (χ0v) is 14.4. The Bertz CT molecular complexity index is 575. The Labute approximate surface area is 124 Å². The molecule has 0 aromatic heterocycles. The third kappa shape index (κ3) is 2.50.